The van der Waals surface area contributed by atoms with Gasteiger partial charge in [-0.25, -0.2) is 0 Å². The Labute approximate surface area is 178 Å². The molecule has 0 saturated heterocycles. The molecule has 2 heterocycles. The van der Waals surface area contributed by atoms with E-state index < -0.39 is 5.56 Å². The van der Waals surface area contributed by atoms with Gasteiger partial charge in [0.25, 0.3) is 11.1 Å². The molecule has 2 aromatic heterocycles. The molecule has 0 bridgehead atoms. The molecular weight excluding hydrogens is 454 g/mol. The largest absolute Gasteiger partial charge is 0.496 e. The van der Waals surface area contributed by atoms with Gasteiger partial charge in [-0.3, -0.25) is 9.59 Å². The Morgan fingerprint density at radius 1 is 1.17 bits per heavy atom. The molecule has 0 radical (unpaired) electrons. The van der Waals surface area contributed by atoms with Crippen LogP contribution in [-0.2, 0) is 6.42 Å². The number of hydrogen-bond acceptors (Lipinski definition) is 6. The van der Waals surface area contributed by atoms with E-state index >= 15 is 0 Å². The van der Waals surface area contributed by atoms with Crippen molar-refractivity contribution in [2.75, 3.05) is 7.11 Å². The minimum absolute atomic E-state index is 0.243. The fourth-order valence-corrected chi connectivity index (χ4v) is 4.18. The van der Waals surface area contributed by atoms with Crippen molar-refractivity contribution in [2.24, 2.45) is 0 Å². The molecule has 0 aliphatic carbocycles. The highest BCUT2D eigenvalue weighted by molar-refractivity contribution is 9.10. The lowest BCUT2D eigenvalue weighted by atomic mass is 10.1. The van der Waals surface area contributed by atoms with Crippen LogP contribution < -0.4 is 20.4 Å². The Bertz CT molecular complexity index is 1380. The molecule has 0 N–H and O–H groups in total. The average Bonchev–Trinajstić information content (AvgIpc) is 2.99. The first-order chi connectivity index (χ1) is 13.9. The Hall–Kier alpha value is -2.84. The minimum atomic E-state index is -0.418. The standard InChI is InChI=1S/C21H16BrN3O3S/c1-12-3-5-13(6-4-12)9-16-19(26)23-21-25(24-16)20(27)18(29-21)11-14-10-15(22)7-8-17(14)28-2/h3-8,10-11H,9H2,1-2H3. The number of halogens is 1. The van der Waals surface area contributed by atoms with Crippen LogP contribution in [0.2, 0.25) is 0 Å². The molecule has 0 atom stereocenters. The fraction of sp³-hybridized carbons (Fsp3) is 0.143. The van der Waals surface area contributed by atoms with Crippen molar-refractivity contribution in [3.8, 4) is 5.75 Å². The second kappa shape index (κ2) is 7.88. The van der Waals surface area contributed by atoms with Crippen LogP contribution in [0.5, 0.6) is 5.75 Å². The van der Waals surface area contributed by atoms with Crippen LogP contribution in [-0.4, -0.2) is 21.7 Å². The van der Waals surface area contributed by atoms with Gasteiger partial charge in [0, 0.05) is 16.5 Å². The maximum Gasteiger partial charge on any atom is 0.296 e. The van der Waals surface area contributed by atoms with Crippen LogP contribution in [0.15, 0.2) is 56.5 Å². The smallest absolute Gasteiger partial charge is 0.296 e. The molecule has 0 fully saturated rings. The van der Waals surface area contributed by atoms with Gasteiger partial charge in [-0.05, 0) is 36.8 Å². The van der Waals surface area contributed by atoms with Gasteiger partial charge in [0.15, 0.2) is 0 Å². The fourth-order valence-electron chi connectivity index (χ4n) is 2.91. The molecular formula is C21H16BrN3O3S. The molecule has 0 saturated carbocycles. The van der Waals surface area contributed by atoms with E-state index in [9.17, 15) is 9.59 Å². The first kappa shape index (κ1) is 19.5. The number of rotatable bonds is 4. The van der Waals surface area contributed by atoms with Crippen molar-refractivity contribution in [2.45, 2.75) is 13.3 Å². The molecule has 0 unspecified atom stereocenters. The summed E-state index contributed by atoms with van der Waals surface area (Å²) < 4.78 is 7.85. The molecule has 146 valence electrons. The second-order valence-electron chi connectivity index (χ2n) is 6.52. The lowest BCUT2D eigenvalue weighted by Gasteiger charge is -2.04. The Balaban J connectivity index is 1.82. The Kier molecular flexibility index (Phi) is 5.29. The van der Waals surface area contributed by atoms with Gasteiger partial charge >= 0.3 is 0 Å². The van der Waals surface area contributed by atoms with E-state index in [1.165, 1.54) is 4.52 Å². The van der Waals surface area contributed by atoms with Gasteiger partial charge < -0.3 is 4.74 Å². The zero-order valence-electron chi connectivity index (χ0n) is 15.7. The van der Waals surface area contributed by atoms with E-state index in [2.05, 4.69) is 26.0 Å². The predicted molar refractivity (Wildman–Crippen MR) is 117 cm³/mol. The Morgan fingerprint density at radius 3 is 2.66 bits per heavy atom. The van der Waals surface area contributed by atoms with Crippen LogP contribution in [0.25, 0.3) is 11.0 Å². The summed E-state index contributed by atoms with van der Waals surface area (Å²) in [6, 6.07) is 13.4. The van der Waals surface area contributed by atoms with Crippen LogP contribution in [0.4, 0.5) is 0 Å². The van der Waals surface area contributed by atoms with Gasteiger partial charge in [-0.1, -0.05) is 57.1 Å². The average molecular weight is 470 g/mol. The normalized spacial score (nSPS) is 11.9. The number of nitrogens with zero attached hydrogens (tertiary/aromatic N) is 3. The molecule has 2 aromatic carbocycles. The van der Waals surface area contributed by atoms with Crippen LogP contribution in [0.1, 0.15) is 22.4 Å². The van der Waals surface area contributed by atoms with E-state index in [4.69, 9.17) is 4.74 Å². The number of ether oxygens (including phenoxy) is 1. The topological polar surface area (TPSA) is 73.6 Å². The highest BCUT2D eigenvalue weighted by Gasteiger charge is 2.12. The summed E-state index contributed by atoms with van der Waals surface area (Å²) in [4.78, 5) is 29.6. The molecule has 4 aromatic rings. The van der Waals surface area contributed by atoms with E-state index in [1.54, 1.807) is 13.2 Å². The number of aryl methyl sites for hydroxylation is 1. The summed E-state index contributed by atoms with van der Waals surface area (Å²) in [5.74, 6) is 0.639. The SMILES string of the molecule is COc1ccc(Br)cc1C=c1sc2nc(=O)c(Cc3ccc(C)cc3)nn2c1=O. The lowest BCUT2D eigenvalue weighted by Crippen LogP contribution is -2.28. The van der Waals surface area contributed by atoms with E-state index in [0.29, 0.717) is 16.7 Å². The molecule has 0 aliphatic rings. The molecule has 0 amide bonds. The summed E-state index contributed by atoms with van der Waals surface area (Å²) in [7, 11) is 1.57. The van der Waals surface area contributed by atoms with Crippen molar-refractivity contribution in [3.63, 3.8) is 0 Å². The Morgan fingerprint density at radius 2 is 1.93 bits per heavy atom. The van der Waals surface area contributed by atoms with Gasteiger partial charge in [-0.15, -0.1) is 0 Å². The third-order valence-corrected chi connectivity index (χ3v) is 5.87. The number of hydrogen-bond donors (Lipinski definition) is 0. The van der Waals surface area contributed by atoms with Crippen LogP contribution in [0, 0.1) is 6.92 Å². The van der Waals surface area contributed by atoms with Gasteiger partial charge in [0.2, 0.25) is 4.96 Å². The maximum absolute atomic E-state index is 12.9. The number of benzene rings is 2. The molecule has 4 rings (SSSR count). The number of thiazole rings is 1. The zero-order valence-corrected chi connectivity index (χ0v) is 18.1. The first-order valence-electron chi connectivity index (χ1n) is 8.78. The summed E-state index contributed by atoms with van der Waals surface area (Å²) in [5.41, 5.74) is 2.33. The summed E-state index contributed by atoms with van der Waals surface area (Å²) in [6.45, 7) is 2.00. The van der Waals surface area contributed by atoms with E-state index in [1.807, 2.05) is 49.4 Å². The van der Waals surface area contributed by atoms with E-state index in [0.717, 1.165) is 32.5 Å². The quantitative estimate of drug-likeness (QED) is 0.459. The zero-order chi connectivity index (χ0) is 20.5. The van der Waals surface area contributed by atoms with Crippen molar-refractivity contribution < 1.29 is 4.74 Å². The third kappa shape index (κ3) is 3.99. The molecule has 8 heteroatoms. The highest BCUT2D eigenvalue weighted by atomic mass is 79.9. The predicted octanol–water partition coefficient (Wildman–Crippen LogP) is 2.73. The number of aromatic nitrogens is 3. The summed E-state index contributed by atoms with van der Waals surface area (Å²) >= 11 is 4.55. The van der Waals surface area contributed by atoms with Gasteiger partial charge in [-0.2, -0.15) is 14.6 Å². The van der Waals surface area contributed by atoms with Gasteiger partial charge in [0.05, 0.1) is 11.6 Å². The van der Waals surface area contributed by atoms with Crippen molar-refractivity contribution in [1.82, 2.24) is 14.6 Å². The van der Waals surface area contributed by atoms with Crippen LogP contribution in [0.3, 0.4) is 0 Å². The second-order valence-corrected chi connectivity index (χ2v) is 8.45. The van der Waals surface area contributed by atoms with E-state index in [-0.39, 0.29) is 16.2 Å². The van der Waals surface area contributed by atoms with Crippen molar-refractivity contribution in [1.29, 1.82) is 0 Å². The molecule has 0 aliphatic heterocycles. The van der Waals surface area contributed by atoms with Crippen molar-refractivity contribution >= 4 is 38.3 Å². The summed E-state index contributed by atoms with van der Waals surface area (Å²) in [6.07, 6.45) is 2.04. The molecule has 0 spiro atoms. The first-order valence-corrected chi connectivity index (χ1v) is 10.4. The molecule has 6 nitrogen and oxygen atoms in total. The third-order valence-electron chi connectivity index (χ3n) is 4.42. The van der Waals surface area contributed by atoms with Crippen molar-refractivity contribution in [3.05, 3.63) is 94.6 Å². The van der Waals surface area contributed by atoms with Gasteiger partial charge in [0.1, 0.15) is 11.4 Å². The lowest BCUT2D eigenvalue weighted by molar-refractivity contribution is 0.414. The highest BCUT2D eigenvalue weighted by Crippen LogP contribution is 2.23. The van der Waals surface area contributed by atoms with Crippen LogP contribution >= 0.6 is 27.3 Å². The summed E-state index contributed by atoms with van der Waals surface area (Å²) in [5, 5.41) is 4.29. The molecule has 29 heavy (non-hydrogen) atoms. The number of fused-ring (bicyclic) bond motifs is 1. The maximum atomic E-state index is 12.9. The monoisotopic (exact) mass is 469 g/mol. The minimum Gasteiger partial charge on any atom is -0.496 e. The number of methoxy groups -OCH3 is 1.